The topological polar surface area (TPSA) is 68.2 Å². The maximum Gasteiger partial charge on any atom is 0.125 e. The van der Waals surface area contributed by atoms with Crippen molar-refractivity contribution in [3.05, 3.63) is 58.2 Å². The Morgan fingerprint density at radius 3 is 2.44 bits per heavy atom. The van der Waals surface area contributed by atoms with Gasteiger partial charge < -0.3 is 24.4 Å². The van der Waals surface area contributed by atoms with Crippen LogP contribution in [0, 0.1) is 6.92 Å². The van der Waals surface area contributed by atoms with Gasteiger partial charge in [-0.1, -0.05) is 29.4 Å². The number of aliphatic hydroxyl groups is 2. The van der Waals surface area contributed by atoms with Crippen molar-refractivity contribution in [2.45, 2.75) is 97.6 Å². The maximum atomic E-state index is 10.6. The van der Waals surface area contributed by atoms with Crippen LogP contribution in [0.5, 0.6) is 11.5 Å². The summed E-state index contributed by atoms with van der Waals surface area (Å²) >= 11 is 0. The molecule has 1 heterocycles. The number of methoxy groups -OCH3 is 2. The van der Waals surface area contributed by atoms with E-state index in [1.807, 2.05) is 39.0 Å². The van der Waals surface area contributed by atoms with Crippen LogP contribution in [0.2, 0.25) is 0 Å². The third-order valence-electron chi connectivity index (χ3n) is 6.64. The molecule has 0 unspecified atom stereocenters. The standard InChI is InChI=1S/C29H44O5/c1-19(10-9-11-21(3)26-18-27(31)29(5,6)34-26)14-24(30)15-20(2)12-13-23-17-25(32-7)16-22(4)28(23)33-8/h11-12,14,16-17,24,26-27,30-31H,9-10,13,15,18H2,1-8H3/b19-14+,20-12+,21-11-/t24-,26+,27+/m0/s1. The molecule has 3 atom stereocenters. The predicted octanol–water partition coefficient (Wildman–Crippen LogP) is 5.85. The molecule has 1 aromatic rings. The van der Waals surface area contributed by atoms with Gasteiger partial charge in [0.15, 0.2) is 0 Å². The lowest BCUT2D eigenvalue weighted by Gasteiger charge is -2.22. The summed E-state index contributed by atoms with van der Waals surface area (Å²) in [5, 5.41) is 20.7. The van der Waals surface area contributed by atoms with Gasteiger partial charge >= 0.3 is 0 Å². The molecule has 34 heavy (non-hydrogen) atoms. The van der Waals surface area contributed by atoms with E-state index in [9.17, 15) is 10.2 Å². The minimum Gasteiger partial charge on any atom is -0.497 e. The van der Waals surface area contributed by atoms with Gasteiger partial charge in [0.1, 0.15) is 11.5 Å². The van der Waals surface area contributed by atoms with Gasteiger partial charge in [0.05, 0.1) is 38.1 Å². The van der Waals surface area contributed by atoms with Crippen LogP contribution in [0.1, 0.15) is 71.4 Å². The third-order valence-corrected chi connectivity index (χ3v) is 6.64. The average Bonchev–Trinajstić information content (AvgIpc) is 3.04. The van der Waals surface area contributed by atoms with E-state index in [-0.39, 0.29) is 6.10 Å². The van der Waals surface area contributed by atoms with Crippen molar-refractivity contribution >= 4 is 0 Å². The van der Waals surface area contributed by atoms with Crippen LogP contribution in [0.3, 0.4) is 0 Å². The molecule has 0 aromatic heterocycles. The van der Waals surface area contributed by atoms with Crippen molar-refractivity contribution in [2.24, 2.45) is 0 Å². The SMILES string of the molecule is COc1cc(C)c(OC)c(C/C=C(\C)C[C@@H](O)/C=C(\C)CC/C=C(/C)[C@H]2C[C@@H](O)C(C)(C)O2)c1. The predicted molar refractivity (Wildman–Crippen MR) is 139 cm³/mol. The largest absolute Gasteiger partial charge is 0.497 e. The van der Waals surface area contributed by atoms with Crippen LogP contribution in [-0.2, 0) is 11.2 Å². The van der Waals surface area contributed by atoms with Crippen LogP contribution >= 0.6 is 0 Å². The molecule has 1 fully saturated rings. The van der Waals surface area contributed by atoms with Crippen LogP contribution in [0.4, 0.5) is 0 Å². The fourth-order valence-corrected chi connectivity index (χ4v) is 4.46. The number of hydrogen-bond acceptors (Lipinski definition) is 5. The van der Waals surface area contributed by atoms with Crippen molar-refractivity contribution in [1.82, 2.24) is 0 Å². The van der Waals surface area contributed by atoms with E-state index in [1.54, 1.807) is 14.2 Å². The van der Waals surface area contributed by atoms with Gasteiger partial charge in [0.2, 0.25) is 0 Å². The van der Waals surface area contributed by atoms with Gasteiger partial charge in [-0.05, 0) is 90.5 Å². The van der Waals surface area contributed by atoms with E-state index < -0.39 is 17.8 Å². The van der Waals surface area contributed by atoms with E-state index in [1.165, 1.54) is 11.1 Å². The number of ether oxygens (including phenoxy) is 3. The Morgan fingerprint density at radius 1 is 1.15 bits per heavy atom. The average molecular weight is 473 g/mol. The molecule has 1 aliphatic heterocycles. The summed E-state index contributed by atoms with van der Waals surface area (Å²) in [5.74, 6) is 1.70. The highest BCUT2D eigenvalue weighted by Crippen LogP contribution is 2.33. The Morgan fingerprint density at radius 2 is 1.85 bits per heavy atom. The second kappa shape index (κ2) is 12.6. The molecule has 2 rings (SSSR count). The summed E-state index contributed by atoms with van der Waals surface area (Å²) < 4.78 is 17.0. The summed E-state index contributed by atoms with van der Waals surface area (Å²) in [6.07, 6.45) is 9.08. The molecule has 0 spiro atoms. The Hall–Kier alpha value is -2.08. The lowest BCUT2D eigenvalue weighted by Crippen LogP contribution is -2.31. The smallest absolute Gasteiger partial charge is 0.125 e. The first-order valence-corrected chi connectivity index (χ1v) is 12.2. The highest BCUT2D eigenvalue weighted by molar-refractivity contribution is 5.47. The van der Waals surface area contributed by atoms with Crippen LogP contribution in [0.25, 0.3) is 0 Å². The Kier molecular flexibility index (Phi) is 10.4. The van der Waals surface area contributed by atoms with Gasteiger partial charge in [-0.3, -0.25) is 0 Å². The highest BCUT2D eigenvalue weighted by Gasteiger charge is 2.40. The molecule has 1 saturated heterocycles. The summed E-state index contributed by atoms with van der Waals surface area (Å²) in [6.45, 7) is 12.1. The first-order valence-electron chi connectivity index (χ1n) is 12.2. The molecule has 5 nitrogen and oxygen atoms in total. The zero-order valence-electron chi connectivity index (χ0n) is 22.3. The van der Waals surface area contributed by atoms with Gasteiger partial charge in [-0.2, -0.15) is 0 Å². The number of rotatable bonds is 11. The summed E-state index contributed by atoms with van der Waals surface area (Å²) in [5.41, 5.74) is 5.10. The summed E-state index contributed by atoms with van der Waals surface area (Å²) in [7, 11) is 3.36. The van der Waals surface area contributed by atoms with Crippen LogP contribution < -0.4 is 9.47 Å². The van der Waals surface area contributed by atoms with E-state index >= 15 is 0 Å². The van der Waals surface area contributed by atoms with Crippen LogP contribution in [-0.4, -0.2) is 48.3 Å². The van der Waals surface area contributed by atoms with Crippen molar-refractivity contribution in [1.29, 1.82) is 0 Å². The van der Waals surface area contributed by atoms with Crippen molar-refractivity contribution in [3.63, 3.8) is 0 Å². The summed E-state index contributed by atoms with van der Waals surface area (Å²) in [6, 6.07) is 3.97. The molecule has 0 saturated carbocycles. The number of allylic oxidation sites excluding steroid dienone is 3. The molecule has 1 aliphatic rings. The fourth-order valence-electron chi connectivity index (χ4n) is 4.46. The maximum absolute atomic E-state index is 10.6. The molecule has 0 amide bonds. The van der Waals surface area contributed by atoms with E-state index in [0.29, 0.717) is 12.8 Å². The van der Waals surface area contributed by atoms with Crippen molar-refractivity contribution in [3.8, 4) is 11.5 Å². The number of aryl methyl sites for hydroxylation is 1. The molecule has 2 N–H and O–H groups in total. The van der Waals surface area contributed by atoms with E-state index in [0.717, 1.165) is 47.5 Å². The fraction of sp³-hybridized carbons (Fsp3) is 0.586. The Labute approximate surface area is 206 Å². The first kappa shape index (κ1) is 28.2. The molecule has 0 aliphatic carbocycles. The number of benzene rings is 1. The molecular formula is C29H44O5. The summed E-state index contributed by atoms with van der Waals surface area (Å²) in [4.78, 5) is 0. The molecular weight excluding hydrogens is 428 g/mol. The lowest BCUT2D eigenvalue weighted by atomic mass is 9.98. The normalized spacial score (nSPS) is 22.1. The Balaban J connectivity index is 1.88. The molecule has 0 bridgehead atoms. The quantitative estimate of drug-likeness (QED) is 0.395. The minimum atomic E-state index is -0.510. The van der Waals surface area contributed by atoms with E-state index in [4.69, 9.17) is 14.2 Å². The van der Waals surface area contributed by atoms with Crippen LogP contribution in [0.15, 0.2) is 47.1 Å². The first-order chi connectivity index (χ1) is 16.0. The Bertz CT molecular complexity index is 909. The minimum absolute atomic E-state index is 0.0142. The van der Waals surface area contributed by atoms with Gasteiger partial charge in [0.25, 0.3) is 0 Å². The second-order valence-electron chi connectivity index (χ2n) is 10.1. The van der Waals surface area contributed by atoms with E-state index in [2.05, 4.69) is 32.9 Å². The lowest BCUT2D eigenvalue weighted by molar-refractivity contribution is -0.0472. The molecule has 190 valence electrons. The van der Waals surface area contributed by atoms with Gasteiger partial charge in [-0.15, -0.1) is 0 Å². The van der Waals surface area contributed by atoms with Crippen molar-refractivity contribution in [2.75, 3.05) is 14.2 Å². The monoisotopic (exact) mass is 472 g/mol. The third kappa shape index (κ3) is 8.00. The molecule has 5 heteroatoms. The highest BCUT2D eigenvalue weighted by atomic mass is 16.5. The molecule has 1 aromatic carbocycles. The number of hydrogen-bond donors (Lipinski definition) is 2. The molecule has 0 radical (unpaired) electrons. The second-order valence-corrected chi connectivity index (χ2v) is 10.1. The number of aliphatic hydroxyl groups excluding tert-OH is 2. The zero-order valence-corrected chi connectivity index (χ0v) is 22.3. The van der Waals surface area contributed by atoms with Crippen molar-refractivity contribution < 1.29 is 24.4 Å². The zero-order chi connectivity index (χ0) is 25.5. The van der Waals surface area contributed by atoms with Gasteiger partial charge in [0, 0.05) is 12.0 Å². The van der Waals surface area contributed by atoms with Gasteiger partial charge in [-0.25, -0.2) is 0 Å².